The number of imidazole rings is 1. The molecule has 0 saturated carbocycles. The van der Waals surface area contributed by atoms with Gasteiger partial charge in [0.25, 0.3) is 0 Å². The highest BCUT2D eigenvalue weighted by Gasteiger charge is 2.27. The minimum absolute atomic E-state index is 0.0758. The van der Waals surface area contributed by atoms with Crippen molar-refractivity contribution in [2.45, 2.75) is 38.3 Å². The molecule has 0 spiro atoms. The zero-order chi connectivity index (χ0) is 17.2. The Morgan fingerprint density at radius 3 is 3.08 bits per heavy atom. The van der Waals surface area contributed by atoms with E-state index in [4.69, 9.17) is 0 Å². The lowest BCUT2D eigenvalue weighted by atomic mass is 10.2. The van der Waals surface area contributed by atoms with Crippen LogP contribution in [0.2, 0.25) is 0 Å². The van der Waals surface area contributed by atoms with Gasteiger partial charge in [0.15, 0.2) is 0 Å². The number of aromatic amines is 1. The minimum atomic E-state index is -0.218. The van der Waals surface area contributed by atoms with Gasteiger partial charge in [-0.1, -0.05) is 0 Å². The number of fused-ring (bicyclic) bond motifs is 3. The standard InChI is InChI=1S/C18H24FN5O/c19-6-2-1-3-8-23-9-5-13(11-23)24-16(12-25)22-15-10-21-18-14(17(15)24)4-7-20-18/h4,7,10,13,25H,1-3,5-6,8-9,11-12H2,(H,20,21). The van der Waals surface area contributed by atoms with Crippen LogP contribution in [0, 0.1) is 0 Å². The molecule has 1 saturated heterocycles. The van der Waals surface area contributed by atoms with Crippen LogP contribution in [0.3, 0.4) is 0 Å². The Bertz CT molecular complexity index is 858. The predicted molar refractivity (Wildman–Crippen MR) is 95.2 cm³/mol. The summed E-state index contributed by atoms with van der Waals surface area (Å²) in [5, 5.41) is 10.9. The molecule has 0 bridgehead atoms. The van der Waals surface area contributed by atoms with E-state index in [0.717, 1.165) is 61.0 Å². The Morgan fingerprint density at radius 1 is 1.32 bits per heavy atom. The minimum Gasteiger partial charge on any atom is -0.388 e. The number of H-pyrrole nitrogens is 1. The molecule has 7 heteroatoms. The molecule has 1 unspecified atom stereocenters. The number of aliphatic hydroxyl groups excluding tert-OH is 1. The van der Waals surface area contributed by atoms with E-state index < -0.39 is 0 Å². The summed E-state index contributed by atoms with van der Waals surface area (Å²) in [5.41, 5.74) is 2.73. The van der Waals surface area contributed by atoms with Crippen molar-refractivity contribution >= 4 is 22.1 Å². The van der Waals surface area contributed by atoms with Crippen LogP contribution in [0.15, 0.2) is 18.5 Å². The molecule has 1 atom stereocenters. The SMILES string of the molecule is OCc1nc2cnc3[nH]ccc3c2n1C1CCN(CCCCCF)C1. The van der Waals surface area contributed by atoms with E-state index in [1.54, 1.807) is 6.20 Å². The molecule has 3 aromatic heterocycles. The number of pyridine rings is 1. The summed E-state index contributed by atoms with van der Waals surface area (Å²) in [4.78, 5) is 14.6. The van der Waals surface area contributed by atoms with Gasteiger partial charge in [-0.25, -0.2) is 9.97 Å². The molecule has 25 heavy (non-hydrogen) atoms. The van der Waals surface area contributed by atoms with E-state index in [2.05, 4.69) is 24.4 Å². The Balaban J connectivity index is 1.61. The third-order valence-corrected chi connectivity index (χ3v) is 5.17. The largest absolute Gasteiger partial charge is 0.388 e. The van der Waals surface area contributed by atoms with Crippen molar-refractivity contribution in [3.63, 3.8) is 0 Å². The fourth-order valence-corrected chi connectivity index (χ4v) is 3.98. The molecule has 6 nitrogen and oxygen atoms in total. The lowest BCUT2D eigenvalue weighted by Gasteiger charge is -2.18. The normalized spacial score (nSPS) is 18.7. The molecule has 134 valence electrons. The van der Waals surface area contributed by atoms with Crippen molar-refractivity contribution in [3.8, 4) is 0 Å². The molecular weight excluding hydrogens is 321 g/mol. The maximum absolute atomic E-state index is 12.2. The highest BCUT2D eigenvalue weighted by molar-refractivity contribution is 6.01. The van der Waals surface area contributed by atoms with Gasteiger partial charge in [-0.15, -0.1) is 0 Å². The number of nitrogens with one attached hydrogen (secondary N) is 1. The highest BCUT2D eigenvalue weighted by Crippen LogP contribution is 2.31. The number of hydrogen-bond donors (Lipinski definition) is 2. The van der Waals surface area contributed by atoms with Crippen LogP contribution >= 0.6 is 0 Å². The Kier molecular flexibility index (Phi) is 4.67. The summed E-state index contributed by atoms with van der Waals surface area (Å²) in [6.45, 7) is 2.70. The van der Waals surface area contributed by atoms with E-state index in [9.17, 15) is 9.50 Å². The number of rotatable bonds is 7. The molecule has 2 N–H and O–H groups in total. The fourth-order valence-electron chi connectivity index (χ4n) is 3.98. The zero-order valence-corrected chi connectivity index (χ0v) is 14.3. The van der Waals surface area contributed by atoms with E-state index >= 15 is 0 Å². The number of nitrogens with zero attached hydrogens (tertiary/aromatic N) is 4. The smallest absolute Gasteiger partial charge is 0.139 e. The molecule has 0 amide bonds. The molecule has 1 aliphatic rings. The van der Waals surface area contributed by atoms with Crippen molar-refractivity contribution in [3.05, 3.63) is 24.3 Å². The van der Waals surface area contributed by atoms with Crippen LogP contribution in [0.4, 0.5) is 4.39 Å². The average molecular weight is 345 g/mol. The number of aliphatic hydroxyl groups is 1. The fraction of sp³-hybridized carbons (Fsp3) is 0.556. The molecule has 1 fully saturated rings. The van der Waals surface area contributed by atoms with E-state index in [0.29, 0.717) is 18.3 Å². The summed E-state index contributed by atoms with van der Waals surface area (Å²) in [6.07, 6.45) is 7.35. The zero-order valence-electron chi connectivity index (χ0n) is 14.3. The van der Waals surface area contributed by atoms with Crippen LogP contribution in [-0.2, 0) is 6.61 Å². The van der Waals surface area contributed by atoms with E-state index in [1.165, 1.54) is 0 Å². The first-order valence-corrected chi connectivity index (χ1v) is 9.04. The third kappa shape index (κ3) is 3.02. The van der Waals surface area contributed by atoms with Gasteiger partial charge in [-0.05, 0) is 38.3 Å². The van der Waals surface area contributed by atoms with Crippen LogP contribution in [-0.4, -0.2) is 55.8 Å². The Hall–Kier alpha value is -1.99. The maximum Gasteiger partial charge on any atom is 0.139 e. The lowest BCUT2D eigenvalue weighted by Crippen LogP contribution is -2.23. The first-order valence-electron chi connectivity index (χ1n) is 9.04. The van der Waals surface area contributed by atoms with Gasteiger partial charge < -0.3 is 19.6 Å². The van der Waals surface area contributed by atoms with Gasteiger partial charge in [-0.3, -0.25) is 4.39 Å². The Morgan fingerprint density at radius 2 is 2.24 bits per heavy atom. The summed E-state index contributed by atoms with van der Waals surface area (Å²) >= 11 is 0. The van der Waals surface area contributed by atoms with Crippen LogP contribution in [0.1, 0.15) is 37.5 Å². The van der Waals surface area contributed by atoms with Crippen molar-refractivity contribution in [2.24, 2.45) is 0 Å². The summed E-state index contributed by atoms with van der Waals surface area (Å²) in [7, 11) is 0. The van der Waals surface area contributed by atoms with Crippen LogP contribution < -0.4 is 0 Å². The Labute approximate surface area is 145 Å². The number of halogens is 1. The monoisotopic (exact) mass is 345 g/mol. The second-order valence-corrected chi connectivity index (χ2v) is 6.78. The van der Waals surface area contributed by atoms with Gasteiger partial charge >= 0.3 is 0 Å². The quantitative estimate of drug-likeness (QED) is 0.646. The van der Waals surface area contributed by atoms with Gasteiger partial charge in [0, 0.05) is 30.7 Å². The number of hydrogen-bond acceptors (Lipinski definition) is 4. The van der Waals surface area contributed by atoms with Crippen molar-refractivity contribution in [2.75, 3.05) is 26.3 Å². The van der Waals surface area contributed by atoms with Crippen LogP contribution in [0.25, 0.3) is 22.1 Å². The van der Waals surface area contributed by atoms with Gasteiger partial charge in [-0.2, -0.15) is 0 Å². The molecule has 0 aliphatic carbocycles. The number of alkyl halides is 1. The van der Waals surface area contributed by atoms with E-state index in [1.807, 2.05) is 12.3 Å². The molecule has 4 rings (SSSR count). The second-order valence-electron chi connectivity index (χ2n) is 6.78. The van der Waals surface area contributed by atoms with Crippen molar-refractivity contribution in [1.82, 2.24) is 24.4 Å². The molecule has 4 heterocycles. The lowest BCUT2D eigenvalue weighted by molar-refractivity contribution is 0.259. The number of unbranched alkanes of at least 4 members (excludes halogenated alkanes) is 2. The first kappa shape index (κ1) is 16.5. The van der Waals surface area contributed by atoms with Gasteiger partial charge in [0.2, 0.25) is 0 Å². The molecule has 3 aromatic rings. The van der Waals surface area contributed by atoms with Gasteiger partial charge in [0.1, 0.15) is 23.6 Å². The molecular formula is C18H24FN5O. The molecule has 1 aliphatic heterocycles. The summed E-state index contributed by atoms with van der Waals surface area (Å²) < 4.78 is 14.4. The van der Waals surface area contributed by atoms with Crippen molar-refractivity contribution in [1.29, 1.82) is 0 Å². The van der Waals surface area contributed by atoms with Gasteiger partial charge in [0.05, 0.1) is 18.4 Å². The number of likely N-dealkylation sites (tertiary alicyclic amines) is 1. The first-order chi connectivity index (χ1) is 12.3. The predicted octanol–water partition coefficient (Wildman–Crippen LogP) is 2.79. The van der Waals surface area contributed by atoms with Crippen LogP contribution in [0.5, 0.6) is 0 Å². The number of aromatic nitrogens is 4. The molecule has 0 aromatic carbocycles. The van der Waals surface area contributed by atoms with E-state index in [-0.39, 0.29) is 13.3 Å². The second kappa shape index (κ2) is 7.09. The summed E-state index contributed by atoms with van der Waals surface area (Å²) in [5.74, 6) is 0.703. The topological polar surface area (TPSA) is 70.0 Å². The average Bonchev–Trinajstić information content (AvgIpc) is 3.34. The molecule has 0 radical (unpaired) electrons. The maximum atomic E-state index is 12.2. The summed E-state index contributed by atoms with van der Waals surface area (Å²) in [6, 6.07) is 2.32. The highest BCUT2D eigenvalue weighted by atomic mass is 19.1. The third-order valence-electron chi connectivity index (χ3n) is 5.17. The van der Waals surface area contributed by atoms with Crippen molar-refractivity contribution < 1.29 is 9.50 Å².